The molecule has 0 bridgehead atoms. The van der Waals surface area contributed by atoms with Gasteiger partial charge in [-0.3, -0.25) is 9.69 Å². The van der Waals surface area contributed by atoms with Crippen LogP contribution < -0.4 is 0 Å². The van der Waals surface area contributed by atoms with E-state index in [1.165, 1.54) is 16.0 Å². The average Bonchev–Trinajstić information content (AvgIpc) is 3.03. The fourth-order valence-electron chi connectivity index (χ4n) is 2.81. The van der Waals surface area contributed by atoms with Gasteiger partial charge in [-0.05, 0) is 48.5 Å². The van der Waals surface area contributed by atoms with Crippen molar-refractivity contribution < 1.29 is 9.90 Å². The fourth-order valence-corrected chi connectivity index (χ4v) is 3.55. The number of aliphatic carboxylic acids is 1. The van der Waals surface area contributed by atoms with Crippen molar-refractivity contribution in [1.29, 1.82) is 0 Å². The van der Waals surface area contributed by atoms with Gasteiger partial charge in [0.05, 0.1) is 5.92 Å². The van der Waals surface area contributed by atoms with Crippen LogP contribution in [0.15, 0.2) is 41.8 Å². The summed E-state index contributed by atoms with van der Waals surface area (Å²) in [6, 6.07) is 12.9. The van der Waals surface area contributed by atoms with Crippen LogP contribution in [-0.4, -0.2) is 29.1 Å². The van der Waals surface area contributed by atoms with E-state index in [0.29, 0.717) is 0 Å². The molecule has 0 atom stereocenters. The van der Waals surface area contributed by atoms with Gasteiger partial charge in [0.15, 0.2) is 0 Å². The normalized spacial score (nSPS) is 17.0. The molecule has 1 aliphatic rings. The highest BCUT2D eigenvalue weighted by Crippen LogP contribution is 2.25. The number of benzene rings is 1. The van der Waals surface area contributed by atoms with Crippen molar-refractivity contribution in [2.45, 2.75) is 19.4 Å². The minimum absolute atomic E-state index is 0.151. The molecule has 1 aromatic heterocycles. The Kier molecular flexibility index (Phi) is 4.36. The Labute approximate surface area is 128 Å². The van der Waals surface area contributed by atoms with Gasteiger partial charge in [0.1, 0.15) is 0 Å². The minimum Gasteiger partial charge on any atom is -0.481 e. The van der Waals surface area contributed by atoms with E-state index in [4.69, 9.17) is 5.11 Å². The monoisotopic (exact) mass is 301 g/mol. The number of hydrogen-bond acceptors (Lipinski definition) is 3. The van der Waals surface area contributed by atoms with Crippen molar-refractivity contribution in [2.75, 3.05) is 13.1 Å². The van der Waals surface area contributed by atoms with Gasteiger partial charge in [-0.2, -0.15) is 0 Å². The van der Waals surface area contributed by atoms with Crippen LogP contribution in [0.2, 0.25) is 0 Å². The molecular weight excluding hydrogens is 282 g/mol. The predicted octanol–water partition coefficient (Wildman–Crippen LogP) is 3.71. The summed E-state index contributed by atoms with van der Waals surface area (Å²) in [6.07, 6.45) is 1.53. The smallest absolute Gasteiger partial charge is 0.306 e. The van der Waals surface area contributed by atoms with E-state index in [1.807, 2.05) is 0 Å². The third-order valence-electron chi connectivity index (χ3n) is 4.10. The third-order valence-corrected chi connectivity index (χ3v) is 5.02. The SMILES string of the molecule is O=C(O)C1CCN(Cc2ccc(-c3cccs3)cc2)CC1. The number of carbonyl (C=O) groups is 1. The van der Waals surface area contributed by atoms with Gasteiger partial charge in [-0.15, -0.1) is 11.3 Å². The van der Waals surface area contributed by atoms with Crippen LogP contribution in [-0.2, 0) is 11.3 Å². The number of thiophene rings is 1. The van der Waals surface area contributed by atoms with E-state index in [2.05, 4.69) is 46.7 Å². The maximum atomic E-state index is 11.0. The second kappa shape index (κ2) is 6.41. The molecule has 0 saturated carbocycles. The molecule has 1 saturated heterocycles. The van der Waals surface area contributed by atoms with E-state index >= 15 is 0 Å². The van der Waals surface area contributed by atoms with E-state index in [9.17, 15) is 4.79 Å². The second-order valence-electron chi connectivity index (χ2n) is 5.56. The zero-order chi connectivity index (χ0) is 14.7. The minimum atomic E-state index is -0.644. The summed E-state index contributed by atoms with van der Waals surface area (Å²) in [7, 11) is 0. The number of carboxylic acid groups (broad SMARTS) is 1. The van der Waals surface area contributed by atoms with Crippen LogP contribution >= 0.6 is 11.3 Å². The molecule has 1 aliphatic heterocycles. The molecule has 21 heavy (non-hydrogen) atoms. The first kappa shape index (κ1) is 14.3. The summed E-state index contributed by atoms with van der Waals surface area (Å²) >= 11 is 1.75. The fraction of sp³-hybridized carbons (Fsp3) is 0.353. The van der Waals surface area contributed by atoms with E-state index in [0.717, 1.165) is 32.5 Å². The number of hydrogen-bond donors (Lipinski definition) is 1. The Morgan fingerprint density at radius 1 is 1.19 bits per heavy atom. The van der Waals surface area contributed by atoms with Gasteiger partial charge in [-0.25, -0.2) is 0 Å². The van der Waals surface area contributed by atoms with Crippen molar-refractivity contribution in [3.05, 3.63) is 47.3 Å². The van der Waals surface area contributed by atoms with E-state index in [1.54, 1.807) is 11.3 Å². The molecule has 0 radical (unpaired) electrons. The first-order valence-electron chi connectivity index (χ1n) is 7.30. The number of piperidine rings is 1. The van der Waals surface area contributed by atoms with Gasteiger partial charge in [-0.1, -0.05) is 30.3 Å². The Morgan fingerprint density at radius 3 is 2.48 bits per heavy atom. The number of rotatable bonds is 4. The lowest BCUT2D eigenvalue weighted by Gasteiger charge is -2.30. The lowest BCUT2D eigenvalue weighted by Crippen LogP contribution is -2.35. The lowest BCUT2D eigenvalue weighted by atomic mass is 9.97. The van der Waals surface area contributed by atoms with Crippen LogP contribution in [0.4, 0.5) is 0 Å². The van der Waals surface area contributed by atoms with Crippen molar-refractivity contribution in [1.82, 2.24) is 4.90 Å². The maximum Gasteiger partial charge on any atom is 0.306 e. The van der Waals surface area contributed by atoms with Crippen LogP contribution in [0.5, 0.6) is 0 Å². The quantitative estimate of drug-likeness (QED) is 0.936. The topological polar surface area (TPSA) is 40.5 Å². The van der Waals surface area contributed by atoms with Crippen LogP contribution in [0.1, 0.15) is 18.4 Å². The molecule has 0 aliphatic carbocycles. The van der Waals surface area contributed by atoms with Gasteiger partial charge in [0.25, 0.3) is 0 Å². The molecule has 4 heteroatoms. The highest BCUT2D eigenvalue weighted by molar-refractivity contribution is 7.13. The average molecular weight is 301 g/mol. The van der Waals surface area contributed by atoms with Gasteiger partial charge in [0.2, 0.25) is 0 Å². The molecule has 0 amide bonds. The van der Waals surface area contributed by atoms with Gasteiger partial charge in [0, 0.05) is 11.4 Å². The summed E-state index contributed by atoms with van der Waals surface area (Å²) < 4.78 is 0. The molecule has 3 rings (SSSR count). The zero-order valence-electron chi connectivity index (χ0n) is 11.9. The van der Waals surface area contributed by atoms with Crippen LogP contribution in [0, 0.1) is 5.92 Å². The molecule has 1 fully saturated rings. The largest absolute Gasteiger partial charge is 0.481 e. The molecule has 1 N–H and O–H groups in total. The van der Waals surface area contributed by atoms with Crippen molar-refractivity contribution in [3.8, 4) is 10.4 Å². The first-order chi connectivity index (χ1) is 10.2. The molecule has 1 aromatic carbocycles. The Morgan fingerprint density at radius 2 is 1.90 bits per heavy atom. The molecule has 3 nitrogen and oxygen atoms in total. The zero-order valence-corrected chi connectivity index (χ0v) is 12.7. The predicted molar refractivity (Wildman–Crippen MR) is 85.4 cm³/mol. The maximum absolute atomic E-state index is 11.0. The van der Waals surface area contributed by atoms with Gasteiger partial charge < -0.3 is 5.11 Å². The van der Waals surface area contributed by atoms with Crippen LogP contribution in [0.3, 0.4) is 0 Å². The van der Waals surface area contributed by atoms with E-state index < -0.39 is 5.97 Å². The number of carboxylic acids is 1. The lowest BCUT2D eigenvalue weighted by molar-refractivity contribution is -0.143. The third kappa shape index (κ3) is 3.52. The Balaban J connectivity index is 1.58. The molecule has 2 heterocycles. The summed E-state index contributed by atoms with van der Waals surface area (Å²) in [4.78, 5) is 14.6. The molecule has 0 unspecified atom stereocenters. The first-order valence-corrected chi connectivity index (χ1v) is 8.18. The van der Waals surface area contributed by atoms with Crippen molar-refractivity contribution in [2.24, 2.45) is 5.92 Å². The molecular formula is C17H19NO2S. The van der Waals surface area contributed by atoms with Crippen LogP contribution in [0.25, 0.3) is 10.4 Å². The summed E-state index contributed by atoms with van der Waals surface area (Å²) in [5.74, 6) is -0.794. The molecule has 110 valence electrons. The summed E-state index contributed by atoms with van der Waals surface area (Å²) in [6.45, 7) is 2.67. The Bertz CT molecular complexity index is 584. The number of nitrogens with zero attached hydrogens (tertiary/aromatic N) is 1. The standard InChI is InChI=1S/C17H19NO2S/c19-17(20)15-7-9-18(10-8-15)12-13-3-5-14(6-4-13)16-2-1-11-21-16/h1-6,11,15H,7-10,12H2,(H,19,20). The number of likely N-dealkylation sites (tertiary alicyclic amines) is 1. The molecule has 0 spiro atoms. The van der Waals surface area contributed by atoms with Gasteiger partial charge >= 0.3 is 5.97 Å². The van der Waals surface area contributed by atoms with E-state index in [-0.39, 0.29) is 5.92 Å². The second-order valence-corrected chi connectivity index (χ2v) is 6.51. The highest BCUT2D eigenvalue weighted by atomic mass is 32.1. The Hall–Kier alpha value is -1.65. The molecule has 2 aromatic rings. The van der Waals surface area contributed by atoms with Crippen molar-refractivity contribution in [3.63, 3.8) is 0 Å². The van der Waals surface area contributed by atoms with Crippen molar-refractivity contribution >= 4 is 17.3 Å². The summed E-state index contributed by atoms with van der Waals surface area (Å²) in [5, 5.41) is 11.1. The highest BCUT2D eigenvalue weighted by Gasteiger charge is 2.24. The summed E-state index contributed by atoms with van der Waals surface area (Å²) in [5.41, 5.74) is 2.56.